The Morgan fingerprint density at radius 2 is 2.04 bits per heavy atom. The Morgan fingerprint density at radius 3 is 2.86 bits per heavy atom. The number of carbonyl (C=O) groups excluding carboxylic acids is 1. The molecule has 8 heteroatoms. The number of aromatic nitrogens is 4. The fourth-order valence-electron chi connectivity index (χ4n) is 3.47. The van der Waals surface area contributed by atoms with E-state index in [9.17, 15) is 4.79 Å². The zero-order valence-electron chi connectivity index (χ0n) is 15.0. The molecule has 1 atom stereocenters. The van der Waals surface area contributed by atoms with Crippen LogP contribution in [0.2, 0.25) is 0 Å². The van der Waals surface area contributed by atoms with Gasteiger partial charge in [0.15, 0.2) is 5.65 Å². The Hall–Kier alpha value is -3.26. The van der Waals surface area contributed by atoms with Crippen LogP contribution in [0.4, 0.5) is 5.82 Å². The number of benzene rings is 1. The molecule has 0 unspecified atom stereocenters. The number of anilines is 1. The Bertz CT molecular complexity index is 1110. The molecule has 140 valence electrons. The van der Waals surface area contributed by atoms with E-state index in [2.05, 4.69) is 37.0 Å². The molecule has 3 aromatic heterocycles. The third-order valence-corrected chi connectivity index (χ3v) is 5.87. The van der Waals surface area contributed by atoms with Crippen molar-refractivity contribution in [2.75, 3.05) is 18.0 Å². The summed E-state index contributed by atoms with van der Waals surface area (Å²) in [5, 5.41) is 17.6. The van der Waals surface area contributed by atoms with Crippen molar-refractivity contribution in [1.82, 2.24) is 25.1 Å². The monoisotopic (exact) mass is 390 g/mol. The number of carbonyl (C=O) groups is 1. The van der Waals surface area contributed by atoms with Gasteiger partial charge in [-0.1, -0.05) is 18.2 Å². The fourth-order valence-corrected chi connectivity index (χ4v) is 4.20. The number of hydrogen-bond donors (Lipinski definition) is 1. The maximum Gasteiger partial charge on any atom is 0.251 e. The summed E-state index contributed by atoms with van der Waals surface area (Å²) >= 11 is 1.69. The number of amides is 1. The molecule has 28 heavy (non-hydrogen) atoms. The second kappa shape index (κ2) is 7.05. The van der Waals surface area contributed by atoms with Crippen molar-refractivity contribution in [2.24, 2.45) is 0 Å². The smallest absolute Gasteiger partial charge is 0.251 e. The first-order valence-corrected chi connectivity index (χ1v) is 10.0. The molecule has 1 amide bonds. The molecule has 5 rings (SSSR count). The maximum atomic E-state index is 12.6. The lowest BCUT2D eigenvalue weighted by Gasteiger charge is -2.17. The molecule has 1 aliphatic rings. The Morgan fingerprint density at radius 1 is 1.14 bits per heavy atom. The van der Waals surface area contributed by atoms with Crippen LogP contribution in [0.25, 0.3) is 16.1 Å². The van der Waals surface area contributed by atoms with Gasteiger partial charge in [0, 0.05) is 29.6 Å². The van der Waals surface area contributed by atoms with Crippen LogP contribution < -0.4 is 10.2 Å². The van der Waals surface area contributed by atoms with Gasteiger partial charge in [-0.15, -0.1) is 26.6 Å². The highest BCUT2D eigenvalue weighted by molar-refractivity contribution is 7.13. The van der Waals surface area contributed by atoms with Gasteiger partial charge >= 0.3 is 0 Å². The zero-order valence-corrected chi connectivity index (χ0v) is 15.8. The third-order valence-electron chi connectivity index (χ3n) is 4.95. The summed E-state index contributed by atoms with van der Waals surface area (Å²) < 4.78 is 1.66. The molecule has 1 aliphatic heterocycles. The Kier molecular flexibility index (Phi) is 4.25. The van der Waals surface area contributed by atoms with Gasteiger partial charge in [0.05, 0.1) is 0 Å². The summed E-state index contributed by atoms with van der Waals surface area (Å²) in [6.07, 6.45) is 2.48. The molecule has 1 saturated heterocycles. The van der Waals surface area contributed by atoms with E-state index in [1.54, 1.807) is 22.2 Å². The van der Waals surface area contributed by atoms with Gasteiger partial charge < -0.3 is 10.2 Å². The molecule has 0 spiro atoms. The largest absolute Gasteiger partial charge is 0.353 e. The van der Waals surface area contributed by atoms with Gasteiger partial charge in [-0.05, 0) is 47.7 Å². The van der Waals surface area contributed by atoms with Crippen molar-refractivity contribution in [1.29, 1.82) is 0 Å². The average Bonchev–Trinajstić information content (AvgIpc) is 3.48. The predicted octanol–water partition coefficient (Wildman–Crippen LogP) is 2.86. The van der Waals surface area contributed by atoms with Crippen molar-refractivity contribution in [3.05, 3.63) is 65.8 Å². The minimum absolute atomic E-state index is 0.0354. The molecule has 7 nitrogen and oxygen atoms in total. The SMILES string of the molecule is O=C(N[C@@H]1CCN(c2ccc3nncn3n2)C1)c1ccc(-c2cccs2)cc1. The number of fused-ring (bicyclic) bond motifs is 1. The van der Waals surface area contributed by atoms with Crippen LogP contribution in [-0.2, 0) is 0 Å². The van der Waals surface area contributed by atoms with Gasteiger partial charge in [-0.3, -0.25) is 4.79 Å². The summed E-state index contributed by atoms with van der Waals surface area (Å²) in [6, 6.07) is 15.8. The first-order valence-electron chi connectivity index (χ1n) is 9.13. The molecule has 0 aliphatic carbocycles. The van der Waals surface area contributed by atoms with Gasteiger partial charge in [0.2, 0.25) is 0 Å². The molecule has 0 radical (unpaired) electrons. The number of thiophene rings is 1. The third kappa shape index (κ3) is 3.22. The molecular weight excluding hydrogens is 372 g/mol. The quantitative estimate of drug-likeness (QED) is 0.580. The van der Waals surface area contributed by atoms with Crippen molar-refractivity contribution < 1.29 is 4.79 Å². The number of rotatable bonds is 4. The maximum absolute atomic E-state index is 12.6. The van der Waals surface area contributed by atoms with Gasteiger partial charge in [-0.2, -0.15) is 4.52 Å². The van der Waals surface area contributed by atoms with E-state index in [4.69, 9.17) is 0 Å². The topological polar surface area (TPSA) is 75.4 Å². The molecule has 4 heterocycles. The lowest BCUT2D eigenvalue weighted by atomic mass is 10.1. The highest BCUT2D eigenvalue weighted by Gasteiger charge is 2.25. The predicted molar refractivity (Wildman–Crippen MR) is 109 cm³/mol. The fraction of sp³-hybridized carbons (Fsp3) is 0.200. The van der Waals surface area contributed by atoms with Crippen LogP contribution in [0, 0.1) is 0 Å². The highest BCUT2D eigenvalue weighted by Crippen LogP contribution is 2.25. The second-order valence-corrected chi connectivity index (χ2v) is 7.73. The average molecular weight is 390 g/mol. The van der Waals surface area contributed by atoms with Gasteiger partial charge in [-0.25, -0.2) is 0 Å². The van der Waals surface area contributed by atoms with E-state index >= 15 is 0 Å². The number of nitrogens with one attached hydrogen (secondary N) is 1. The zero-order chi connectivity index (χ0) is 18.9. The van der Waals surface area contributed by atoms with E-state index in [1.807, 2.05) is 42.5 Å². The number of hydrogen-bond acceptors (Lipinski definition) is 6. The van der Waals surface area contributed by atoms with E-state index in [0.717, 1.165) is 36.5 Å². The van der Waals surface area contributed by atoms with Crippen molar-refractivity contribution in [3.8, 4) is 10.4 Å². The summed E-state index contributed by atoms with van der Waals surface area (Å²) in [6.45, 7) is 1.59. The van der Waals surface area contributed by atoms with Gasteiger partial charge in [0.25, 0.3) is 5.91 Å². The van der Waals surface area contributed by atoms with Gasteiger partial charge in [0.1, 0.15) is 12.1 Å². The molecule has 1 fully saturated rings. The first kappa shape index (κ1) is 16.9. The summed E-state index contributed by atoms with van der Waals surface area (Å²) in [7, 11) is 0. The molecule has 0 bridgehead atoms. The van der Waals surface area contributed by atoms with E-state index in [0.29, 0.717) is 5.56 Å². The Labute approximate surface area is 165 Å². The molecule has 0 saturated carbocycles. The standard InChI is InChI=1S/C20H18N6OS/c27-20(15-5-3-14(4-6-15)17-2-1-11-28-17)22-16-9-10-25(12-16)19-8-7-18-23-21-13-26(18)24-19/h1-8,11,13,16H,9-10,12H2,(H,22,27)/t16-/m1/s1. The summed E-state index contributed by atoms with van der Waals surface area (Å²) in [4.78, 5) is 16.0. The van der Waals surface area contributed by atoms with E-state index in [-0.39, 0.29) is 11.9 Å². The van der Waals surface area contributed by atoms with E-state index in [1.165, 1.54) is 4.88 Å². The molecular formula is C20H18N6OS. The van der Waals surface area contributed by atoms with Crippen LogP contribution in [0.15, 0.2) is 60.2 Å². The minimum Gasteiger partial charge on any atom is -0.353 e. The van der Waals surface area contributed by atoms with Crippen molar-refractivity contribution in [3.63, 3.8) is 0 Å². The number of nitrogens with zero attached hydrogens (tertiary/aromatic N) is 5. The molecule has 4 aromatic rings. The summed E-state index contributed by atoms with van der Waals surface area (Å²) in [5.41, 5.74) is 2.54. The van der Waals surface area contributed by atoms with Crippen LogP contribution >= 0.6 is 11.3 Å². The summed E-state index contributed by atoms with van der Waals surface area (Å²) in [5.74, 6) is 0.830. The lowest BCUT2D eigenvalue weighted by Crippen LogP contribution is -2.37. The van der Waals surface area contributed by atoms with Crippen molar-refractivity contribution >= 4 is 28.7 Å². The molecule has 1 N–H and O–H groups in total. The minimum atomic E-state index is -0.0354. The van der Waals surface area contributed by atoms with E-state index < -0.39 is 0 Å². The first-order chi connectivity index (χ1) is 13.8. The van der Waals surface area contributed by atoms with Crippen LogP contribution in [-0.4, -0.2) is 44.8 Å². The Balaban J connectivity index is 1.23. The highest BCUT2D eigenvalue weighted by atomic mass is 32.1. The molecule has 1 aromatic carbocycles. The van der Waals surface area contributed by atoms with Crippen LogP contribution in [0.3, 0.4) is 0 Å². The van der Waals surface area contributed by atoms with Crippen molar-refractivity contribution in [2.45, 2.75) is 12.5 Å². The van der Waals surface area contributed by atoms with Crippen LogP contribution in [0.1, 0.15) is 16.8 Å². The normalized spacial score (nSPS) is 16.6. The second-order valence-electron chi connectivity index (χ2n) is 6.78. The van der Waals surface area contributed by atoms with Crippen LogP contribution in [0.5, 0.6) is 0 Å². The lowest BCUT2D eigenvalue weighted by molar-refractivity contribution is 0.0940.